The quantitative estimate of drug-likeness (QED) is 0.403. The van der Waals surface area contributed by atoms with Crippen LogP contribution in [0.1, 0.15) is 43.4 Å². The predicted octanol–water partition coefficient (Wildman–Crippen LogP) is 4.83. The number of hydrogen-bond acceptors (Lipinski definition) is 4. The second kappa shape index (κ2) is 9.13. The number of aromatic amines is 1. The standard InChI is InChI=1S/C22H28FN5S/c1-3-12-28(20-10-8-16-7-9-17(23)15-18(16)20)13-5-14-29-22-26-25-21(27(22)2)19-6-4-11-24-19/h4,6-7,9,11,15,20,24H,3,5,8,10,12-14H2,1-2H3. The first kappa shape index (κ1) is 20.2. The first-order valence-electron chi connectivity index (χ1n) is 10.4. The van der Waals surface area contributed by atoms with E-state index in [1.54, 1.807) is 23.9 Å². The summed E-state index contributed by atoms with van der Waals surface area (Å²) in [5.74, 6) is 1.72. The van der Waals surface area contributed by atoms with Crippen LogP contribution in [0.15, 0.2) is 41.7 Å². The van der Waals surface area contributed by atoms with E-state index >= 15 is 0 Å². The summed E-state index contributed by atoms with van der Waals surface area (Å²) in [6, 6.07) is 9.60. The number of thioether (sulfide) groups is 1. The Hall–Kier alpha value is -2.12. The van der Waals surface area contributed by atoms with Crippen molar-refractivity contribution in [2.75, 3.05) is 18.8 Å². The number of nitrogens with zero attached hydrogens (tertiary/aromatic N) is 4. The molecule has 2 aromatic heterocycles. The zero-order valence-electron chi connectivity index (χ0n) is 17.1. The van der Waals surface area contributed by atoms with E-state index in [1.165, 1.54) is 11.1 Å². The Morgan fingerprint density at radius 1 is 1.28 bits per heavy atom. The van der Waals surface area contributed by atoms with E-state index in [0.717, 1.165) is 61.2 Å². The van der Waals surface area contributed by atoms with Crippen LogP contribution in [0.4, 0.5) is 4.39 Å². The highest BCUT2D eigenvalue weighted by Gasteiger charge is 2.27. The molecule has 1 aliphatic carbocycles. The predicted molar refractivity (Wildman–Crippen MR) is 115 cm³/mol. The molecule has 154 valence electrons. The molecule has 0 saturated heterocycles. The number of rotatable bonds is 9. The van der Waals surface area contributed by atoms with Crippen LogP contribution in [0, 0.1) is 5.82 Å². The minimum absolute atomic E-state index is 0.122. The van der Waals surface area contributed by atoms with Crippen molar-refractivity contribution in [2.24, 2.45) is 7.05 Å². The van der Waals surface area contributed by atoms with Crippen molar-refractivity contribution in [3.63, 3.8) is 0 Å². The Kier molecular flexibility index (Phi) is 6.35. The maximum atomic E-state index is 13.8. The number of aromatic nitrogens is 4. The lowest BCUT2D eigenvalue weighted by atomic mass is 10.1. The largest absolute Gasteiger partial charge is 0.359 e. The van der Waals surface area contributed by atoms with E-state index in [9.17, 15) is 4.39 Å². The number of H-pyrrole nitrogens is 1. The number of hydrogen-bond donors (Lipinski definition) is 1. The molecule has 1 unspecified atom stereocenters. The molecule has 0 spiro atoms. The molecule has 1 atom stereocenters. The van der Waals surface area contributed by atoms with Gasteiger partial charge >= 0.3 is 0 Å². The van der Waals surface area contributed by atoms with Gasteiger partial charge in [0.25, 0.3) is 0 Å². The summed E-state index contributed by atoms with van der Waals surface area (Å²) in [6.07, 6.45) is 6.21. The zero-order chi connectivity index (χ0) is 20.2. The highest BCUT2D eigenvalue weighted by molar-refractivity contribution is 7.99. The molecule has 3 aromatic rings. The number of nitrogens with one attached hydrogen (secondary N) is 1. The fraction of sp³-hybridized carbons (Fsp3) is 0.455. The summed E-state index contributed by atoms with van der Waals surface area (Å²) >= 11 is 1.74. The van der Waals surface area contributed by atoms with Crippen LogP contribution in [0.3, 0.4) is 0 Å². The first-order chi connectivity index (χ1) is 14.2. The normalized spacial score (nSPS) is 15.9. The van der Waals surface area contributed by atoms with E-state index in [2.05, 4.69) is 27.0 Å². The van der Waals surface area contributed by atoms with Gasteiger partial charge in [-0.05, 0) is 74.2 Å². The second-order valence-electron chi connectivity index (χ2n) is 7.58. The van der Waals surface area contributed by atoms with E-state index in [0.29, 0.717) is 6.04 Å². The van der Waals surface area contributed by atoms with Crippen molar-refractivity contribution in [1.29, 1.82) is 0 Å². The topological polar surface area (TPSA) is 49.7 Å². The van der Waals surface area contributed by atoms with E-state index in [4.69, 9.17) is 0 Å². The van der Waals surface area contributed by atoms with Crippen LogP contribution in [0.25, 0.3) is 11.5 Å². The maximum Gasteiger partial charge on any atom is 0.191 e. The minimum atomic E-state index is -0.122. The minimum Gasteiger partial charge on any atom is -0.359 e. The summed E-state index contributed by atoms with van der Waals surface area (Å²) < 4.78 is 15.8. The maximum absolute atomic E-state index is 13.8. The van der Waals surface area contributed by atoms with Crippen LogP contribution in [0.2, 0.25) is 0 Å². The van der Waals surface area contributed by atoms with Crippen molar-refractivity contribution in [3.8, 4) is 11.5 Å². The van der Waals surface area contributed by atoms with Crippen LogP contribution in [0.5, 0.6) is 0 Å². The molecular formula is C22H28FN5S. The monoisotopic (exact) mass is 413 g/mol. The second-order valence-corrected chi connectivity index (χ2v) is 8.65. The number of benzene rings is 1. The fourth-order valence-electron chi connectivity index (χ4n) is 4.22. The lowest BCUT2D eigenvalue weighted by Gasteiger charge is -2.29. The van der Waals surface area contributed by atoms with Gasteiger partial charge in [-0.2, -0.15) is 0 Å². The van der Waals surface area contributed by atoms with Gasteiger partial charge in [-0.3, -0.25) is 4.90 Å². The number of aryl methyl sites for hydroxylation is 1. The molecule has 2 heterocycles. The average Bonchev–Trinajstić information content (AvgIpc) is 3.44. The molecule has 0 saturated carbocycles. The van der Waals surface area contributed by atoms with E-state index in [-0.39, 0.29) is 5.82 Å². The zero-order valence-corrected chi connectivity index (χ0v) is 17.9. The molecule has 1 aromatic carbocycles. The van der Waals surface area contributed by atoms with Crippen molar-refractivity contribution >= 4 is 11.8 Å². The van der Waals surface area contributed by atoms with Gasteiger partial charge in [-0.15, -0.1) is 10.2 Å². The van der Waals surface area contributed by atoms with E-state index in [1.807, 2.05) is 36.0 Å². The van der Waals surface area contributed by atoms with Gasteiger partial charge in [0.2, 0.25) is 0 Å². The smallest absolute Gasteiger partial charge is 0.191 e. The molecule has 1 aliphatic rings. The molecule has 4 rings (SSSR count). The summed E-state index contributed by atoms with van der Waals surface area (Å²) in [5.41, 5.74) is 3.48. The molecule has 0 fully saturated rings. The molecule has 0 aliphatic heterocycles. The van der Waals surface area contributed by atoms with Gasteiger partial charge in [0, 0.05) is 25.0 Å². The Bertz CT molecular complexity index is 937. The third-order valence-electron chi connectivity index (χ3n) is 5.60. The summed E-state index contributed by atoms with van der Waals surface area (Å²) in [5, 5.41) is 9.59. The molecular weight excluding hydrogens is 385 g/mol. The van der Waals surface area contributed by atoms with Crippen molar-refractivity contribution in [1.82, 2.24) is 24.6 Å². The van der Waals surface area contributed by atoms with Crippen molar-refractivity contribution in [2.45, 2.75) is 43.8 Å². The molecule has 0 bridgehead atoms. The number of fused-ring (bicyclic) bond motifs is 1. The highest BCUT2D eigenvalue weighted by atomic mass is 32.2. The lowest BCUT2D eigenvalue weighted by molar-refractivity contribution is 0.197. The molecule has 1 N–H and O–H groups in total. The third kappa shape index (κ3) is 4.41. The Balaban J connectivity index is 1.34. The van der Waals surface area contributed by atoms with Crippen LogP contribution >= 0.6 is 11.8 Å². The van der Waals surface area contributed by atoms with Gasteiger partial charge in [0.1, 0.15) is 5.82 Å². The number of halogens is 1. The lowest BCUT2D eigenvalue weighted by Crippen LogP contribution is -2.29. The van der Waals surface area contributed by atoms with Crippen molar-refractivity contribution < 1.29 is 4.39 Å². The van der Waals surface area contributed by atoms with Crippen LogP contribution < -0.4 is 0 Å². The molecule has 7 heteroatoms. The van der Waals surface area contributed by atoms with Crippen LogP contribution in [-0.2, 0) is 13.5 Å². The molecule has 0 amide bonds. The highest BCUT2D eigenvalue weighted by Crippen LogP contribution is 2.36. The molecule has 0 radical (unpaired) electrons. The molecule has 29 heavy (non-hydrogen) atoms. The Morgan fingerprint density at radius 3 is 2.97 bits per heavy atom. The van der Waals surface area contributed by atoms with Crippen molar-refractivity contribution in [3.05, 3.63) is 53.5 Å². The third-order valence-corrected chi connectivity index (χ3v) is 6.71. The van der Waals surface area contributed by atoms with E-state index < -0.39 is 0 Å². The first-order valence-corrected chi connectivity index (χ1v) is 11.3. The SMILES string of the molecule is CCCN(CCCSc1nnc(-c2ccc[nH]2)n1C)C1CCc2ccc(F)cc21. The Morgan fingerprint density at radius 2 is 2.17 bits per heavy atom. The van der Waals surface area contributed by atoms with Gasteiger partial charge in [-0.1, -0.05) is 24.8 Å². The van der Waals surface area contributed by atoms with Gasteiger partial charge < -0.3 is 9.55 Å². The fourth-order valence-corrected chi connectivity index (χ4v) is 5.05. The summed E-state index contributed by atoms with van der Waals surface area (Å²) in [6.45, 7) is 4.28. The van der Waals surface area contributed by atoms with Gasteiger partial charge in [0.15, 0.2) is 11.0 Å². The van der Waals surface area contributed by atoms with Gasteiger partial charge in [0.05, 0.1) is 5.69 Å². The summed E-state index contributed by atoms with van der Waals surface area (Å²) in [4.78, 5) is 5.72. The molecule has 5 nitrogen and oxygen atoms in total. The van der Waals surface area contributed by atoms with Gasteiger partial charge in [-0.25, -0.2) is 4.39 Å². The summed E-state index contributed by atoms with van der Waals surface area (Å²) in [7, 11) is 2.01. The average molecular weight is 414 g/mol. The van der Waals surface area contributed by atoms with Crippen LogP contribution in [-0.4, -0.2) is 43.5 Å². The Labute approximate surface area is 175 Å².